The van der Waals surface area contributed by atoms with E-state index in [1.165, 1.54) is 24.0 Å². The van der Waals surface area contributed by atoms with E-state index in [0.29, 0.717) is 29.5 Å². The summed E-state index contributed by atoms with van der Waals surface area (Å²) in [5.74, 6) is 0.604. The Labute approximate surface area is 192 Å². The minimum absolute atomic E-state index is 0.152. The molecule has 0 unspecified atom stereocenters. The average Bonchev–Trinajstić information content (AvgIpc) is 2.83. The molecule has 0 saturated carbocycles. The van der Waals surface area contributed by atoms with Gasteiger partial charge in [-0.1, -0.05) is 44.2 Å². The Morgan fingerprint density at radius 1 is 0.939 bits per heavy atom. The molecule has 0 aliphatic carbocycles. The van der Waals surface area contributed by atoms with E-state index in [-0.39, 0.29) is 11.7 Å². The monoisotopic (exact) mass is 440 g/mol. The second-order valence-corrected chi connectivity index (χ2v) is 8.08. The van der Waals surface area contributed by atoms with Crippen molar-refractivity contribution in [3.63, 3.8) is 0 Å². The van der Waals surface area contributed by atoms with Gasteiger partial charge in [0.15, 0.2) is 0 Å². The molecule has 0 spiro atoms. The lowest BCUT2D eigenvalue weighted by atomic mass is 10.0. The minimum atomic E-state index is -0.297. The van der Waals surface area contributed by atoms with E-state index in [2.05, 4.69) is 46.6 Å². The number of rotatable bonds is 7. The van der Waals surface area contributed by atoms with E-state index in [4.69, 9.17) is 0 Å². The average molecular weight is 441 g/mol. The van der Waals surface area contributed by atoms with Gasteiger partial charge in [0.1, 0.15) is 18.0 Å². The number of carbonyl (C=O) groups is 1. The summed E-state index contributed by atoms with van der Waals surface area (Å²) in [6.07, 6.45) is 1.45. The van der Waals surface area contributed by atoms with E-state index in [9.17, 15) is 9.18 Å². The lowest BCUT2D eigenvalue weighted by Gasteiger charge is -2.10. The molecule has 1 heterocycles. The van der Waals surface area contributed by atoms with Gasteiger partial charge in [0.25, 0.3) is 5.91 Å². The van der Waals surface area contributed by atoms with Crippen molar-refractivity contribution in [3.05, 3.63) is 108 Å². The molecule has 2 N–H and O–H groups in total. The fraction of sp³-hybridized carbons (Fsp3) is 0.148. The van der Waals surface area contributed by atoms with Crippen LogP contribution in [-0.4, -0.2) is 15.9 Å². The standard InChI is InChI=1S/C27H25FN4O/c1-18(2)20-8-6-19(7-9-20)16-29-27(33)22-4-3-5-24(14-22)32-26-15-25(30-17-31-26)21-10-12-23(28)13-11-21/h3-15,17-18H,16H2,1-2H3,(H,29,33)(H,30,31,32). The Balaban J connectivity index is 1.42. The van der Waals surface area contributed by atoms with Gasteiger partial charge in [0.05, 0.1) is 5.69 Å². The van der Waals surface area contributed by atoms with E-state index < -0.39 is 0 Å². The van der Waals surface area contributed by atoms with Crippen molar-refractivity contribution < 1.29 is 9.18 Å². The van der Waals surface area contributed by atoms with Crippen LogP contribution in [0.25, 0.3) is 11.3 Å². The number of carbonyl (C=O) groups excluding carboxylic acids is 1. The third kappa shape index (κ3) is 5.80. The largest absolute Gasteiger partial charge is 0.348 e. The van der Waals surface area contributed by atoms with Crippen molar-refractivity contribution >= 4 is 17.4 Å². The lowest BCUT2D eigenvalue weighted by Crippen LogP contribution is -2.22. The molecular formula is C27H25FN4O. The number of benzene rings is 3. The zero-order chi connectivity index (χ0) is 23.2. The van der Waals surface area contributed by atoms with Crippen molar-refractivity contribution in [3.8, 4) is 11.3 Å². The summed E-state index contributed by atoms with van der Waals surface area (Å²) in [4.78, 5) is 21.2. The molecule has 3 aromatic carbocycles. The first-order chi connectivity index (χ1) is 16.0. The molecule has 4 rings (SSSR count). The summed E-state index contributed by atoms with van der Waals surface area (Å²) in [5.41, 5.74) is 5.06. The maximum Gasteiger partial charge on any atom is 0.251 e. The molecule has 0 atom stereocenters. The van der Waals surface area contributed by atoms with Gasteiger partial charge >= 0.3 is 0 Å². The maximum atomic E-state index is 13.2. The van der Waals surface area contributed by atoms with Gasteiger partial charge in [-0.2, -0.15) is 0 Å². The highest BCUT2D eigenvalue weighted by Crippen LogP contribution is 2.22. The summed E-state index contributed by atoms with van der Waals surface area (Å²) in [6, 6.07) is 23.4. The van der Waals surface area contributed by atoms with E-state index in [1.54, 1.807) is 30.3 Å². The van der Waals surface area contributed by atoms with E-state index in [1.807, 2.05) is 24.3 Å². The number of anilines is 2. The third-order valence-electron chi connectivity index (χ3n) is 5.30. The van der Waals surface area contributed by atoms with Gasteiger partial charge in [0.2, 0.25) is 0 Å². The van der Waals surface area contributed by atoms with Crippen LogP contribution in [0.3, 0.4) is 0 Å². The van der Waals surface area contributed by atoms with Gasteiger partial charge in [-0.05, 0) is 59.5 Å². The smallest absolute Gasteiger partial charge is 0.251 e. The predicted octanol–water partition coefficient (Wildman–Crippen LogP) is 6.08. The van der Waals surface area contributed by atoms with Gasteiger partial charge in [-0.15, -0.1) is 0 Å². The lowest BCUT2D eigenvalue weighted by molar-refractivity contribution is 0.0951. The summed E-state index contributed by atoms with van der Waals surface area (Å²) >= 11 is 0. The molecule has 1 amide bonds. The van der Waals surface area contributed by atoms with Crippen molar-refractivity contribution in [2.24, 2.45) is 0 Å². The zero-order valence-electron chi connectivity index (χ0n) is 18.5. The highest BCUT2D eigenvalue weighted by Gasteiger charge is 2.08. The molecule has 33 heavy (non-hydrogen) atoms. The van der Waals surface area contributed by atoms with E-state index >= 15 is 0 Å². The predicted molar refractivity (Wildman–Crippen MR) is 129 cm³/mol. The summed E-state index contributed by atoms with van der Waals surface area (Å²) < 4.78 is 13.2. The molecule has 0 bridgehead atoms. The van der Waals surface area contributed by atoms with E-state index in [0.717, 1.165) is 16.8 Å². The second kappa shape index (κ2) is 10.0. The quantitative estimate of drug-likeness (QED) is 0.365. The van der Waals surface area contributed by atoms with Crippen molar-refractivity contribution in [2.75, 3.05) is 5.32 Å². The van der Waals surface area contributed by atoms with Crippen molar-refractivity contribution in [1.29, 1.82) is 0 Å². The van der Waals surface area contributed by atoms with Crippen molar-refractivity contribution in [2.45, 2.75) is 26.3 Å². The molecule has 166 valence electrons. The molecule has 0 radical (unpaired) electrons. The molecular weight excluding hydrogens is 415 g/mol. The Hall–Kier alpha value is -4.06. The summed E-state index contributed by atoms with van der Waals surface area (Å²) in [7, 11) is 0. The Morgan fingerprint density at radius 2 is 1.70 bits per heavy atom. The van der Waals surface area contributed by atoms with Crippen LogP contribution in [0.2, 0.25) is 0 Å². The number of hydrogen-bond donors (Lipinski definition) is 2. The Morgan fingerprint density at radius 3 is 2.42 bits per heavy atom. The van der Waals surface area contributed by atoms with Crippen LogP contribution >= 0.6 is 0 Å². The van der Waals surface area contributed by atoms with Crippen LogP contribution in [0.4, 0.5) is 15.9 Å². The zero-order valence-corrected chi connectivity index (χ0v) is 18.5. The Kier molecular flexibility index (Phi) is 6.74. The van der Waals surface area contributed by atoms with Crippen LogP contribution in [0.1, 0.15) is 41.3 Å². The molecule has 0 fully saturated rings. The highest BCUT2D eigenvalue weighted by atomic mass is 19.1. The van der Waals surface area contributed by atoms with Crippen LogP contribution in [0, 0.1) is 5.82 Å². The number of nitrogens with zero attached hydrogens (tertiary/aromatic N) is 2. The third-order valence-corrected chi connectivity index (χ3v) is 5.30. The van der Waals surface area contributed by atoms with Gasteiger partial charge < -0.3 is 10.6 Å². The topological polar surface area (TPSA) is 66.9 Å². The first-order valence-corrected chi connectivity index (χ1v) is 10.8. The molecule has 5 nitrogen and oxygen atoms in total. The molecule has 6 heteroatoms. The van der Waals surface area contributed by atoms with Crippen LogP contribution in [0.15, 0.2) is 85.2 Å². The van der Waals surface area contributed by atoms with Gasteiger partial charge in [-0.25, -0.2) is 14.4 Å². The molecule has 1 aromatic heterocycles. The highest BCUT2D eigenvalue weighted by molar-refractivity contribution is 5.95. The Bertz CT molecular complexity index is 1240. The number of amides is 1. The molecule has 4 aromatic rings. The second-order valence-electron chi connectivity index (χ2n) is 8.08. The molecule has 0 saturated heterocycles. The number of aromatic nitrogens is 2. The van der Waals surface area contributed by atoms with Crippen molar-refractivity contribution in [1.82, 2.24) is 15.3 Å². The SMILES string of the molecule is CC(C)c1ccc(CNC(=O)c2cccc(Nc3cc(-c4ccc(F)cc4)ncn3)c2)cc1. The number of hydrogen-bond acceptors (Lipinski definition) is 4. The van der Waals surface area contributed by atoms with Gasteiger partial charge in [0, 0.05) is 29.4 Å². The van der Waals surface area contributed by atoms with Crippen LogP contribution in [0.5, 0.6) is 0 Å². The molecule has 0 aliphatic heterocycles. The van der Waals surface area contributed by atoms with Crippen LogP contribution in [-0.2, 0) is 6.54 Å². The number of halogens is 1. The minimum Gasteiger partial charge on any atom is -0.348 e. The van der Waals surface area contributed by atoms with Crippen LogP contribution < -0.4 is 10.6 Å². The fourth-order valence-electron chi connectivity index (χ4n) is 3.40. The first kappa shape index (κ1) is 22.1. The summed E-state index contributed by atoms with van der Waals surface area (Å²) in [5, 5.41) is 6.17. The first-order valence-electron chi connectivity index (χ1n) is 10.8. The maximum absolute atomic E-state index is 13.2. The fourth-order valence-corrected chi connectivity index (χ4v) is 3.40. The number of nitrogens with one attached hydrogen (secondary N) is 2. The summed E-state index contributed by atoms with van der Waals surface area (Å²) in [6.45, 7) is 4.77. The van der Waals surface area contributed by atoms with Gasteiger partial charge in [-0.3, -0.25) is 4.79 Å². The normalized spacial score (nSPS) is 10.8. The molecule has 0 aliphatic rings.